The van der Waals surface area contributed by atoms with Gasteiger partial charge in [-0.15, -0.1) is 0 Å². The molecule has 6 heteroatoms. The average Bonchev–Trinajstić information content (AvgIpc) is 2.61. The summed E-state index contributed by atoms with van der Waals surface area (Å²) in [5.41, 5.74) is 4.35. The number of anilines is 1. The van der Waals surface area contributed by atoms with E-state index in [4.69, 9.17) is 4.84 Å². The molecule has 0 aliphatic carbocycles. The fourth-order valence-corrected chi connectivity index (χ4v) is 1.92. The summed E-state index contributed by atoms with van der Waals surface area (Å²) in [5.74, 6) is -0.599. The molecule has 2 aromatic rings. The van der Waals surface area contributed by atoms with Gasteiger partial charge < -0.3 is 10.6 Å². The van der Waals surface area contributed by atoms with Crippen LogP contribution in [0.2, 0.25) is 0 Å². The number of rotatable bonds is 8. The lowest BCUT2D eigenvalue weighted by atomic mass is 10.2. The molecule has 0 spiro atoms. The Kier molecular flexibility index (Phi) is 6.94. The number of carbonyl (C=O) groups is 2. The van der Waals surface area contributed by atoms with Gasteiger partial charge in [0.2, 0.25) is 11.8 Å². The van der Waals surface area contributed by atoms with Gasteiger partial charge in [-0.25, -0.2) is 0 Å². The van der Waals surface area contributed by atoms with Crippen LogP contribution in [-0.2, 0) is 21.0 Å². The van der Waals surface area contributed by atoms with Crippen LogP contribution in [0.3, 0.4) is 0 Å². The largest absolute Gasteiger partial charge is 0.346 e. The van der Waals surface area contributed by atoms with Gasteiger partial charge in [0.15, 0.2) is 0 Å². The summed E-state index contributed by atoms with van der Waals surface area (Å²) >= 11 is 0. The van der Waals surface area contributed by atoms with Gasteiger partial charge in [-0.3, -0.25) is 14.4 Å². The molecule has 2 aromatic carbocycles. The van der Waals surface area contributed by atoms with E-state index in [0.717, 1.165) is 5.56 Å². The highest BCUT2D eigenvalue weighted by Crippen LogP contribution is 2.04. The lowest BCUT2D eigenvalue weighted by Crippen LogP contribution is -2.44. The van der Waals surface area contributed by atoms with Crippen LogP contribution in [0, 0.1) is 0 Å². The minimum atomic E-state index is -0.571. The molecule has 0 bridgehead atoms. The van der Waals surface area contributed by atoms with E-state index < -0.39 is 6.04 Å². The van der Waals surface area contributed by atoms with E-state index in [1.54, 1.807) is 19.1 Å². The Labute approximate surface area is 141 Å². The first kappa shape index (κ1) is 17.7. The number of carbonyl (C=O) groups excluding carboxylic acids is 2. The fourth-order valence-electron chi connectivity index (χ4n) is 1.92. The van der Waals surface area contributed by atoms with Crippen LogP contribution in [-0.4, -0.2) is 24.4 Å². The molecule has 3 N–H and O–H groups in total. The molecule has 1 unspecified atom stereocenters. The monoisotopic (exact) mass is 327 g/mol. The predicted octanol–water partition coefficient (Wildman–Crippen LogP) is 1.85. The van der Waals surface area contributed by atoms with Gasteiger partial charge in [0.1, 0.15) is 6.04 Å². The van der Waals surface area contributed by atoms with Crippen molar-refractivity contribution in [3.05, 3.63) is 66.2 Å². The molecule has 6 nitrogen and oxygen atoms in total. The number of nitrogens with one attached hydrogen (secondary N) is 3. The zero-order valence-corrected chi connectivity index (χ0v) is 13.5. The standard InChI is InChI=1S/C18H21N3O3/c1-14(21-24-13-15-8-4-2-5-9-15)18(23)19-12-17(22)20-16-10-6-3-7-11-16/h2-11,14,21H,12-13H2,1H3,(H,19,23)(H,20,22). The van der Waals surface area contributed by atoms with Gasteiger partial charge in [-0.05, 0) is 24.6 Å². The Morgan fingerprint density at radius 2 is 1.62 bits per heavy atom. The van der Waals surface area contributed by atoms with Crippen molar-refractivity contribution in [3.8, 4) is 0 Å². The molecule has 1 atom stereocenters. The summed E-state index contributed by atoms with van der Waals surface area (Å²) in [6, 6.07) is 18.1. The van der Waals surface area contributed by atoms with E-state index >= 15 is 0 Å². The minimum Gasteiger partial charge on any atom is -0.346 e. The Hall–Kier alpha value is -2.70. The average molecular weight is 327 g/mol. The van der Waals surface area contributed by atoms with Crippen LogP contribution in [0.25, 0.3) is 0 Å². The molecule has 0 saturated heterocycles. The summed E-state index contributed by atoms with van der Waals surface area (Å²) in [5, 5.41) is 5.25. The zero-order valence-electron chi connectivity index (χ0n) is 13.5. The molecule has 2 amide bonds. The van der Waals surface area contributed by atoms with Crippen molar-refractivity contribution in [1.82, 2.24) is 10.8 Å². The summed E-state index contributed by atoms with van der Waals surface area (Å²) in [7, 11) is 0. The van der Waals surface area contributed by atoms with Crippen molar-refractivity contribution in [2.45, 2.75) is 19.6 Å². The quantitative estimate of drug-likeness (QED) is 0.647. The Morgan fingerprint density at radius 1 is 1.00 bits per heavy atom. The van der Waals surface area contributed by atoms with E-state index in [9.17, 15) is 9.59 Å². The van der Waals surface area contributed by atoms with E-state index in [0.29, 0.717) is 12.3 Å². The Bertz CT molecular complexity index is 647. The molecule has 0 fully saturated rings. The third-order valence-electron chi connectivity index (χ3n) is 3.22. The van der Waals surface area contributed by atoms with Gasteiger partial charge >= 0.3 is 0 Å². The van der Waals surface area contributed by atoms with Crippen LogP contribution in [0.15, 0.2) is 60.7 Å². The van der Waals surface area contributed by atoms with Crippen molar-refractivity contribution in [2.75, 3.05) is 11.9 Å². The van der Waals surface area contributed by atoms with Crippen LogP contribution >= 0.6 is 0 Å². The second-order valence-electron chi connectivity index (χ2n) is 5.25. The van der Waals surface area contributed by atoms with Gasteiger partial charge in [0.05, 0.1) is 13.2 Å². The summed E-state index contributed by atoms with van der Waals surface area (Å²) in [6.07, 6.45) is 0. The summed E-state index contributed by atoms with van der Waals surface area (Å²) < 4.78 is 0. The molecular weight excluding hydrogens is 306 g/mol. The van der Waals surface area contributed by atoms with Gasteiger partial charge in [0.25, 0.3) is 0 Å². The van der Waals surface area contributed by atoms with Crippen LogP contribution in [0.1, 0.15) is 12.5 Å². The topological polar surface area (TPSA) is 79.5 Å². The molecule has 0 aromatic heterocycles. The molecule has 0 heterocycles. The van der Waals surface area contributed by atoms with Crippen molar-refractivity contribution in [3.63, 3.8) is 0 Å². The smallest absolute Gasteiger partial charge is 0.243 e. The van der Waals surface area contributed by atoms with Crippen molar-refractivity contribution in [1.29, 1.82) is 0 Å². The maximum Gasteiger partial charge on any atom is 0.243 e. The number of hydrogen-bond donors (Lipinski definition) is 3. The SMILES string of the molecule is CC(NOCc1ccccc1)C(=O)NCC(=O)Nc1ccccc1. The van der Waals surface area contributed by atoms with Gasteiger partial charge in [-0.2, -0.15) is 5.48 Å². The first-order valence-corrected chi connectivity index (χ1v) is 7.69. The number of benzene rings is 2. The Morgan fingerprint density at radius 3 is 2.29 bits per heavy atom. The second kappa shape index (κ2) is 9.44. The molecule has 24 heavy (non-hydrogen) atoms. The van der Waals surface area contributed by atoms with Gasteiger partial charge in [0, 0.05) is 5.69 Å². The van der Waals surface area contributed by atoms with E-state index in [1.807, 2.05) is 48.5 Å². The first-order chi connectivity index (χ1) is 11.6. The molecule has 0 aliphatic rings. The minimum absolute atomic E-state index is 0.0988. The lowest BCUT2D eigenvalue weighted by Gasteiger charge is -2.14. The predicted molar refractivity (Wildman–Crippen MR) is 91.9 cm³/mol. The van der Waals surface area contributed by atoms with Crippen LogP contribution in [0.4, 0.5) is 5.69 Å². The highest BCUT2D eigenvalue weighted by molar-refractivity contribution is 5.95. The molecule has 2 rings (SSSR count). The van der Waals surface area contributed by atoms with Crippen molar-refractivity contribution < 1.29 is 14.4 Å². The summed E-state index contributed by atoms with van der Waals surface area (Å²) in [6.45, 7) is 1.92. The van der Waals surface area contributed by atoms with Crippen LogP contribution in [0.5, 0.6) is 0 Å². The molecule has 0 radical (unpaired) electrons. The number of para-hydroxylation sites is 1. The van der Waals surface area contributed by atoms with Crippen molar-refractivity contribution in [2.24, 2.45) is 0 Å². The second-order valence-corrected chi connectivity index (χ2v) is 5.25. The Balaban J connectivity index is 1.65. The van der Waals surface area contributed by atoms with E-state index in [-0.39, 0.29) is 18.4 Å². The summed E-state index contributed by atoms with van der Waals surface area (Å²) in [4.78, 5) is 29.0. The maximum atomic E-state index is 11.9. The highest BCUT2D eigenvalue weighted by atomic mass is 16.6. The zero-order chi connectivity index (χ0) is 17.2. The molecule has 0 saturated carbocycles. The number of amides is 2. The highest BCUT2D eigenvalue weighted by Gasteiger charge is 2.13. The number of hydrogen-bond acceptors (Lipinski definition) is 4. The van der Waals surface area contributed by atoms with E-state index in [2.05, 4.69) is 16.1 Å². The maximum absolute atomic E-state index is 11.9. The normalized spacial score (nSPS) is 11.5. The fraction of sp³-hybridized carbons (Fsp3) is 0.222. The van der Waals surface area contributed by atoms with Gasteiger partial charge in [-0.1, -0.05) is 48.5 Å². The van der Waals surface area contributed by atoms with E-state index in [1.165, 1.54) is 0 Å². The molecule has 0 aliphatic heterocycles. The number of hydroxylamine groups is 1. The van der Waals surface area contributed by atoms with Crippen LogP contribution < -0.4 is 16.1 Å². The third-order valence-corrected chi connectivity index (χ3v) is 3.22. The molecule has 126 valence electrons. The van der Waals surface area contributed by atoms with Crippen molar-refractivity contribution >= 4 is 17.5 Å². The first-order valence-electron chi connectivity index (χ1n) is 7.69. The molecular formula is C18H21N3O3. The lowest BCUT2D eigenvalue weighted by molar-refractivity contribution is -0.129. The third kappa shape index (κ3) is 6.20.